The van der Waals surface area contributed by atoms with Crippen molar-refractivity contribution >= 4 is 16.7 Å². The Bertz CT molecular complexity index is 1230. The largest absolute Gasteiger partial charge is 0.494 e. The van der Waals surface area contributed by atoms with Gasteiger partial charge >= 0.3 is 6.18 Å². The first-order valence-electron chi connectivity index (χ1n) is 9.20. The zero-order valence-electron chi connectivity index (χ0n) is 16.2. The molecule has 1 N–H and O–H groups in total. The number of nitrogens with zero attached hydrogens (tertiary/aromatic N) is 3. The van der Waals surface area contributed by atoms with E-state index in [-0.39, 0.29) is 17.9 Å². The van der Waals surface area contributed by atoms with E-state index in [1.165, 1.54) is 37.7 Å². The van der Waals surface area contributed by atoms with Crippen molar-refractivity contribution < 1.29 is 22.3 Å². The molecule has 158 valence electrons. The number of fused-ring (bicyclic) bond motifs is 1. The van der Waals surface area contributed by atoms with Crippen LogP contribution >= 0.6 is 0 Å². The molecule has 2 aromatic heterocycles. The van der Waals surface area contributed by atoms with E-state index in [0.717, 1.165) is 17.3 Å². The molecule has 0 spiro atoms. The van der Waals surface area contributed by atoms with Crippen LogP contribution in [0.1, 0.15) is 11.3 Å². The number of nitrogens with one attached hydrogen (secondary N) is 1. The van der Waals surface area contributed by atoms with Gasteiger partial charge in [-0.25, -0.2) is 14.4 Å². The number of benzene rings is 2. The summed E-state index contributed by atoms with van der Waals surface area (Å²) in [6, 6.07) is 12.3. The van der Waals surface area contributed by atoms with Gasteiger partial charge in [-0.1, -0.05) is 18.2 Å². The second-order valence-corrected chi connectivity index (χ2v) is 6.67. The van der Waals surface area contributed by atoms with Gasteiger partial charge in [-0.3, -0.25) is 4.98 Å². The molecule has 0 unspecified atom stereocenters. The summed E-state index contributed by atoms with van der Waals surface area (Å²) in [5.41, 5.74) is 0.990. The quantitative estimate of drug-likeness (QED) is 0.427. The molecule has 0 radical (unpaired) electrons. The maximum Gasteiger partial charge on any atom is 0.433 e. The Kier molecular flexibility index (Phi) is 5.41. The molecule has 0 saturated carbocycles. The minimum absolute atomic E-state index is 0.0107. The van der Waals surface area contributed by atoms with Crippen molar-refractivity contribution in [1.82, 2.24) is 15.0 Å². The smallest absolute Gasteiger partial charge is 0.433 e. The molecule has 0 aliphatic rings. The fourth-order valence-corrected chi connectivity index (χ4v) is 3.26. The monoisotopic (exact) mass is 428 g/mol. The van der Waals surface area contributed by atoms with Crippen LogP contribution in [0.3, 0.4) is 0 Å². The number of hydrogen-bond acceptors (Lipinski definition) is 5. The number of aromatic nitrogens is 3. The average Bonchev–Trinajstić information content (AvgIpc) is 2.77. The van der Waals surface area contributed by atoms with E-state index in [1.54, 1.807) is 24.3 Å². The van der Waals surface area contributed by atoms with Crippen molar-refractivity contribution in [2.24, 2.45) is 0 Å². The van der Waals surface area contributed by atoms with Gasteiger partial charge in [0.2, 0.25) is 0 Å². The van der Waals surface area contributed by atoms with Crippen LogP contribution in [-0.2, 0) is 12.7 Å². The predicted octanol–water partition coefficient (Wildman–Crippen LogP) is 5.47. The second kappa shape index (κ2) is 8.17. The molecule has 0 atom stereocenters. The lowest BCUT2D eigenvalue weighted by Gasteiger charge is -2.15. The molecule has 4 rings (SSSR count). The minimum Gasteiger partial charge on any atom is -0.494 e. The molecule has 5 nitrogen and oxygen atoms in total. The summed E-state index contributed by atoms with van der Waals surface area (Å²) in [6.45, 7) is -0.141. The summed E-state index contributed by atoms with van der Waals surface area (Å²) < 4.78 is 58.5. The van der Waals surface area contributed by atoms with Crippen molar-refractivity contribution in [1.29, 1.82) is 0 Å². The summed E-state index contributed by atoms with van der Waals surface area (Å²) in [6.07, 6.45) is -2.16. The number of halogens is 4. The number of ether oxygens (including phenoxy) is 1. The SMILES string of the molecule is COc1cc(-c2ccc(F)cc2)cc2c(NCc3cccnc3C(F)(F)F)ncnc12. The molecule has 0 bridgehead atoms. The Morgan fingerprint density at radius 1 is 0.968 bits per heavy atom. The van der Waals surface area contributed by atoms with Crippen LogP contribution in [0.4, 0.5) is 23.4 Å². The molecule has 0 aliphatic carbocycles. The van der Waals surface area contributed by atoms with Crippen LogP contribution in [0.15, 0.2) is 61.1 Å². The highest BCUT2D eigenvalue weighted by molar-refractivity contribution is 5.96. The first-order chi connectivity index (χ1) is 14.9. The van der Waals surface area contributed by atoms with Crippen LogP contribution < -0.4 is 10.1 Å². The molecule has 9 heteroatoms. The van der Waals surface area contributed by atoms with Crippen molar-refractivity contribution in [3.63, 3.8) is 0 Å². The van der Waals surface area contributed by atoms with E-state index in [1.807, 2.05) is 0 Å². The topological polar surface area (TPSA) is 59.9 Å². The molecular formula is C22H16F4N4O. The van der Waals surface area contributed by atoms with E-state index in [0.29, 0.717) is 22.5 Å². The fraction of sp³-hybridized carbons (Fsp3) is 0.136. The first-order valence-corrected chi connectivity index (χ1v) is 9.20. The Labute approximate surface area is 174 Å². The molecule has 0 saturated heterocycles. The zero-order chi connectivity index (χ0) is 22.0. The fourth-order valence-electron chi connectivity index (χ4n) is 3.26. The molecule has 4 aromatic rings. The van der Waals surface area contributed by atoms with Gasteiger partial charge in [0.25, 0.3) is 0 Å². The van der Waals surface area contributed by atoms with E-state index >= 15 is 0 Å². The summed E-state index contributed by atoms with van der Waals surface area (Å²) in [7, 11) is 1.49. The second-order valence-electron chi connectivity index (χ2n) is 6.67. The van der Waals surface area contributed by atoms with Crippen molar-refractivity contribution in [3.05, 3.63) is 78.1 Å². The third-order valence-corrected chi connectivity index (χ3v) is 4.71. The zero-order valence-corrected chi connectivity index (χ0v) is 16.2. The minimum atomic E-state index is -4.56. The summed E-state index contributed by atoms with van der Waals surface area (Å²) in [5.74, 6) is 0.433. The number of methoxy groups -OCH3 is 1. The Hall–Kier alpha value is -3.75. The van der Waals surface area contributed by atoms with Crippen LogP contribution in [0, 0.1) is 5.82 Å². The lowest BCUT2D eigenvalue weighted by molar-refractivity contribution is -0.141. The van der Waals surface area contributed by atoms with Gasteiger partial charge in [0.05, 0.1) is 7.11 Å². The Morgan fingerprint density at radius 2 is 1.74 bits per heavy atom. The number of pyridine rings is 1. The average molecular weight is 428 g/mol. The standard InChI is InChI=1S/C22H16F4N4O/c1-31-18-10-15(13-4-6-16(23)7-5-13)9-17-19(18)29-12-30-21(17)28-11-14-3-2-8-27-20(14)22(24,25)26/h2-10,12H,11H2,1H3,(H,28,29,30). The van der Waals surface area contributed by atoms with Crippen LogP contribution in [0.2, 0.25) is 0 Å². The number of rotatable bonds is 5. The molecule has 2 aromatic carbocycles. The predicted molar refractivity (Wildman–Crippen MR) is 108 cm³/mol. The number of hydrogen-bond donors (Lipinski definition) is 1. The highest BCUT2D eigenvalue weighted by Gasteiger charge is 2.34. The summed E-state index contributed by atoms with van der Waals surface area (Å²) in [5, 5.41) is 3.50. The van der Waals surface area contributed by atoms with Gasteiger partial charge in [0.15, 0.2) is 0 Å². The van der Waals surface area contributed by atoms with Crippen LogP contribution in [0.5, 0.6) is 5.75 Å². The highest BCUT2D eigenvalue weighted by Crippen LogP contribution is 2.35. The maximum atomic E-state index is 13.3. The van der Waals surface area contributed by atoms with E-state index < -0.39 is 11.9 Å². The third-order valence-electron chi connectivity index (χ3n) is 4.71. The molecular weight excluding hydrogens is 412 g/mol. The Balaban J connectivity index is 1.75. The number of anilines is 1. The normalized spacial score (nSPS) is 11.5. The molecule has 0 aliphatic heterocycles. The molecule has 0 amide bonds. The van der Waals surface area contributed by atoms with Crippen molar-refractivity contribution in [2.45, 2.75) is 12.7 Å². The van der Waals surface area contributed by atoms with Crippen LogP contribution in [-0.4, -0.2) is 22.1 Å². The van der Waals surface area contributed by atoms with Gasteiger partial charge in [0.1, 0.15) is 34.9 Å². The van der Waals surface area contributed by atoms with Crippen molar-refractivity contribution in [2.75, 3.05) is 12.4 Å². The summed E-state index contributed by atoms with van der Waals surface area (Å²) >= 11 is 0. The van der Waals surface area contributed by atoms with Gasteiger partial charge in [0, 0.05) is 23.7 Å². The van der Waals surface area contributed by atoms with E-state index in [2.05, 4.69) is 20.3 Å². The lowest BCUT2D eigenvalue weighted by Crippen LogP contribution is -2.14. The number of alkyl halides is 3. The lowest BCUT2D eigenvalue weighted by atomic mass is 10.0. The third kappa shape index (κ3) is 4.25. The Morgan fingerprint density at radius 3 is 2.45 bits per heavy atom. The molecule has 31 heavy (non-hydrogen) atoms. The van der Waals surface area contributed by atoms with Gasteiger partial charge < -0.3 is 10.1 Å². The first kappa shape index (κ1) is 20.5. The highest BCUT2D eigenvalue weighted by atomic mass is 19.4. The van der Waals surface area contributed by atoms with E-state index in [4.69, 9.17) is 4.74 Å². The van der Waals surface area contributed by atoms with E-state index in [9.17, 15) is 17.6 Å². The van der Waals surface area contributed by atoms with Crippen molar-refractivity contribution in [3.8, 4) is 16.9 Å². The summed E-state index contributed by atoms with van der Waals surface area (Å²) in [4.78, 5) is 11.9. The van der Waals surface area contributed by atoms with Crippen LogP contribution in [0.25, 0.3) is 22.0 Å². The molecule has 0 fully saturated rings. The van der Waals surface area contributed by atoms with Gasteiger partial charge in [-0.2, -0.15) is 13.2 Å². The van der Waals surface area contributed by atoms with Gasteiger partial charge in [-0.15, -0.1) is 0 Å². The molecule has 2 heterocycles. The van der Waals surface area contributed by atoms with Gasteiger partial charge in [-0.05, 0) is 41.5 Å². The maximum absolute atomic E-state index is 13.3.